The molecule has 3 heterocycles. The third-order valence-corrected chi connectivity index (χ3v) is 4.29. The molecule has 1 aliphatic heterocycles. The van der Waals surface area contributed by atoms with Gasteiger partial charge in [-0.15, -0.1) is 5.10 Å². The number of piperazine rings is 1. The van der Waals surface area contributed by atoms with Gasteiger partial charge in [0, 0.05) is 39.8 Å². The first-order valence-electron chi connectivity index (χ1n) is 7.83. The number of hydrogen-bond donors (Lipinski definition) is 0. The smallest absolute Gasteiger partial charge is 0.183 e. The van der Waals surface area contributed by atoms with Crippen LogP contribution in [0.25, 0.3) is 11.2 Å². The molecule has 1 saturated heterocycles. The van der Waals surface area contributed by atoms with Gasteiger partial charge in [0.25, 0.3) is 0 Å². The lowest BCUT2D eigenvalue weighted by Gasteiger charge is -2.35. The maximum atomic E-state index is 4.43. The molecule has 0 amide bonds. The molecule has 2 aromatic heterocycles. The number of aromatic nitrogens is 5. The highest BCUT2D eigenvalue weighted by atomic mass is 15.4. The molecule has 0 unspecified atom stereocenters. The van der Waals surface area contributed by atoms with Gasteiger partial charge in [-0.1, -0.05) is 35.5 Å². The summed E-state index contributed by atoms with van der Waals surface area (Å²) in [6, 6.07) is 10.6. The summed E-state index contributed by atoms with van der Waals surface area (Å²) in [6.07, 6.45) is 1.59. The largest absolute Gasteiger partial charge is 0.352 e. The summed E-state index contributed by atoms with van der Waals surface area (Å²) in [5.74, 6) is 0.891. The average molecular weight is 309 g/mol. The van der Waals surface area contributed by atoms with E-state index in [4.69, 9.17) is 0 Å². The van der Waals surface area contributed by atoms with Gasteiger partial charge >= 0.3 is 0 Å². The highest BCUT2D eigenvalue weighted by molar-refractivity contribution is 5.82. The molecule has 1 aliphatic rings. The minimum absolute atomic E-state index is 0.779. The van der Waals surface area contributed by atoms with Crippen LogP contribution < -0.4 is 4.90 Å². The van der Waals surface area contributed by atoms with Gasteiger partial charge in [-0.2, -0.15) is 0 Å². The molecule has 0 spiro atoms. The van der Waals surface area contributed by atoms with E-state index in [1.807, 2.05) is 7.05 Å². The van der Waals surface area contributed by atoms with Crippen molar-refractivity contribution in [3.63, 3.8) is 0 Å². The molecule has 3 aromatic rings. The van der Waals surface area contributed by atoms with Crippen molar-refractivity contribution in [3.05, 3.63) is 42.2 Å². The Labute approximate surface area is 134 Å². The first-order valence-corrected chi connectivity index (χ1v) is 7.83. The fraction of sp³-hybridized carbons (Fsp3) is 0.375. The lowest BCUT2D eigenvalue weighted by Crippen LogP contribution is -2.46. The molecule has 0 atom stereocenters. The molecule has 0 radical (unpaired) electrons. The number of nitrogens with zero attached hydrogens (tertiary/aromatic N) is 7. The molecule has 118 valence electrons. The Kier molecular flexibility index (Phi) is 3.63. The molecule has 7 nitrogen and oxygen atoms in total. The highest BCUT2D eigenvalue weighted by Crippen LogP contribution is 2.21. The molecular formula is C16H19N7. The van der Waals surface area contributed by atoms with Crippen molar-refractivity contribution in [2.45, 2.75) is 6.54 Å². The SMILES string of the molecule is Cn1nnc2c(N3CCN(Cc4ccccc4)CC3)ncnc21. The van der Waals surface area contributed by atoms with Crippen LogP contribution >= 0.6 is 0 Å². The van der Waals surface area contributed by atoms with Crippen molar-refractivity contribution in [1.29, 1.82) is 0 Å². The predicted molar refractivity (Wildman–Crippen MR) is 88.0 cm³/mol. The van der Waals surface area contributed by atoms with Crippen LogP contribution in [0.1, 0.15) is 5.56 Å². The Morgan fingerprint density at radius 2 is 1.78 bits per heavy atom. The lowest BCUT2D eigenvalue weighted by atomic mass is 10.2. The monoisotopic (exact) mass is 309 g/mol. The molecule has 1 fully saturated rings. The van der Waals surface area contributed by atoms with E-state index in [0.717, 1.165) is 49.7 Å². The first kappa shape index (κ1) is 14.1. The van der Waals surface area contributed by atoms with Crippen molar-refractivity contribution in [2.75, 3.05) is 31.1 Å². The van der Waals surface area contributed by atoms with Gasteiger partial charge in [0.1, 0.15) is 6.33 Å². The van der Waals surface area contributed by atoms with E-state index in [2.05, 4.69) is 60.4 Å². The van der Waals surface area contributed by atoms with Crippen LogP contribution in [0.5, 0.6) is 0 Å². The molecule has 0 saturated carbocycles. The number of benzene rings is 1. The van der Waals surface area contributed by atoms with Crippen LogP contribution in [0.2, 0.25) is 0 Å². The Morgan fingerprint density at radius 1 is 1.00 bits per heavy atom. The molecule has 0 N–H and O–H groups in total. The molecule has 1 aromatic carbocycles. The van der Waals surface area contributed by atoms with Crippen molar-refractivity contribution >= 4 is 17.0 Å². The van der Waals surface area contributed by atoms with E-state index in [0.29, 0.717) is 0 Å². The number of anilines is 1. The number of fused-ring (bicyclic) bond motifs is 1. The molecule has 0 aliphatic carbocycles. The van der Waals surface area contributed by atoms with Crippen molar-refractivity contribution in [1.82, 2.24) is 29.9 Å². The van der Waals surface area contributed by atoms with Crippen LogP contribution in [0.4, 0.5) is 5.82 Å². The second kappa shape index (κ2) is 5.92. The lowest BCUT2D eigenvalue weighted by molar-refractivity contribution is 0.249. The topological polar surface area (TPSA) is 63.0 Å². The molecule has 4 rings (SSSR count). The predicted octanol–water partition coefficient (Wildman–Crippen LogP) is 1.08. The van der Waals surface area contributed by atoms with Crippen molar-refractivity contribution in [2.24, 2.45) is 7.05 Å². The Hall–Kier alpha value is -2.54. The van der Waals surface area contributed by atoms with E-state index in [9.17, 15) is 0 Å². The molecule has 7 heteroatoms. The van der Waals surface area contributed by atoms with Gasteiger partial charge in [-0.05, 0) is 5.56 Å². The summed E-state index contributed by atoms with van der Waals surface area (Å²) >= 11 is 0. The highest BCUT2D eigenvalue weighted by Gasteiger charge is 2.21. The van der Waals surface area contributed by atoms with Gasteiger partial charge in [0.05, 0.1) is 0 Å². The summed E-state index contributed by atoms with van der Waals surface area (Å²) in [4.78, 5) is 13.4. The van der Waals surface area contributed by atoms with Crippen LogP contribution in [0.15, 0.2) is 36.7 Å². The third kappa shape index (κ3) is 2.75. The van der Waals surface area contributed by atoms with Gasteiger partial charge in [0.15, 0.2) is 17.0 Å². The minimum atomic E-state index is 0.779. The summed E-state index contributed by atoms with van der Waals surface area (Å²) in [6.45, 7) is 4.91. The number of aryl methyl sites for hydroxylation is 1. The van der Waals surface area contributed by atoms with Crippen molar-refractivity contribution in [3.8, 4) is 0 Å². The normalized spacial score (nSPS) is 16.1. The van der Waals surface area contributed by atoms with Gasteiger partial charge in [-0.25, -0.2) is 14.6 Å². The summed E-state index contributed by atoms with van der Waals surface area (Å²) in [7, 11) is 1.85. The zero-order chi connectivity index (χ0) is 15.6. The average Bonchev–Trinajstić information content (AvgIpc) is 2.98. The molecular weight excluding hydrogens is 290 g/mol. The van der Waals surface area contributed by atoms with Crippen LogP contribution in [0, 0.1) is 0 Å². The van der Waals surface area contributed by atoms with E-state index in [1.54, 1.807) is 11.0 Å². The first-order chi connectivity index (χ1) is 11.3. The maximum absolute atomic E-state index is 4.43. The number of hydrogen-bond acceptors (Lipinski definition) is 6. The van der Waals surface area contributed by atoms with Crippen molar-refractivity contribution < 1.29 is 0 Å². The van der Waals surface area contributed by atoms with E-state index in [1.165, 1.54) is 5.56 Å². The maximum Gasteiger partial charge on any atom is 0.183 e. The summed E-state index contributed by atoms with van der Waals surface area (Å²) in [5, 5.41) is 8.26. The van der Waals surface area contributed by atoms with Gasteiger partial charge < -0.3 is 4.90 Å². The Bertz CT molecular complexity index is 791. The standard InChI is InChI=1S/C16H19N7/c1-21-15-14(19-20-21)16(18-12-17-15)23-9-7-22(8-10-23)11-13-5-3-2-4-6-13/h2-6,12H,7-11H2,1H3. The van der Waals surface area contributed by atoms with Crippen LogP contribution in [-0.2, 0) is 13.6 Å². The van der Waals surface area contributed by atoms with E-state index < -0.39 is 0 Å². The van der Waals surface area contributed by atoms with Crippen LogP contribution in [-0.4, -0.2) is 56.0 Å². The second-order valence-electron chi connectivity index (χ2n) is 5.83. The second-order valence-corrected chi connectivity index (χ2v) is 5.83. The fourth-order valence-corrected chi connectivity index (χ4v) is 3.03. The van der Waals surface area contributed by atoms with Gasteiger partial charge in [-0.3, -0.25) is 4.90 Å². The fourth-order valence-electron chi connectivity index (χ4n) is 3.03. The molecule has 0 bridgehead atoms. The van der Waals surface area contributed by atoms with E-state index in [-0.39, 0.29) is 0 Å². The Balaban J connectivity index is 1.47. The quantitative estimate of drug-likeness (QED) is 0.721. The summed E-state index contributed by atoms with van der Waals surface area (Å²) in [5.41, 5.74) is 2.92. The number of rotatable bonds is 3. The minimum Gasteiger partial charge on any atom is -0.352 e. The Morgan fingerprint density at radius 3 is 2.57 bits per heavy atom. The zero-order valence-corrected chi connectivity index (χ0v) is 13.1. The summed E-state index contributed by atoms with van der Waals surface area (Å²) < 4.78 is 1.69. The molecule has 23 heavy (non-hydrogen) atoms. The van der Waals surface area contributed by atoms with Gasteiger partial charge in [0.2, 0.25) is 0 Å². The third-order valence-electron chi connectivity index (χ3n) is 4.29. The van der Waals surface area contributed by atoms with Crippen LogP contribution in [0.3, 0.4) is 0 Å². The van der Waals surface area contributed by atoms with E-state index >= 15 is 0 Å². The zero-order valence-electron chi connectivity index (χ0n) is 13.1.